The van der Waals surface area contributed by atoms with Crippen LogP contribution in [0.3, 0.4) is 0 Å². The van der Waals surface area contributed by atoms with Gasteiger partial charge in [0.1, 0.15) is 11.5 Å². The first kappa shape index (κ1) is 20.3. The molecule has 0 bridgehead atoms. The Morgan fingerprint density at radius 2 is 1.46 bits per heavy atom. The molecule has 0 saturated carbocycles. The number of phenols is 2. The number of fused-ring (bicyclic) bond motifs is 1. The molecule has 0 aliphatic rings. The van der Waals surface area contributed by atoms with Crippen LogP contribution in [0.1, 0.15) is 44.1 Å². The molecule has 0 unspecified atom stereocenters. The summed E-state index contributed by atoms with van der Waals surface area (Å²) in [4.78, 5) is 0. The van der Waals surface area contributed by atoms with Crippen LogP contribution in [0.15, 0.2) is 42.5 Å². The molecule has 2 aromatic carbocycles. The normalized spacial score (nSPS) is 11.4. The smallest absolute Gasteiger partial charge is 0.116 e. The lowest BCUT2D eigenvalue weighted by atomic mass is 10.1. The van der Waals surface area contributed by atoms with E-state index in [1.165, 1.54) is 43.4 Å². The number of unbranched alkanes of at least 4 members (excludes halogenated alkanes) is 5. The summed E-state index contributed by atoms with van der Waals surface area (Å²) in [5.74, 6) is 0.576. The lowest BCUT2D eigenvalue weighted by Gasteiger charge is -2.12. The van der Waals surface area contributed by atoms with E-state index in [4.69, 9.17) is 0 Å². The minimum Gasteiger partial charge on any atom is -0.508 e. The van der Waals surface area contributed by atoms with E-state index in [0.29, 0.717) is 5.75 Å². The minimum absolute atomic E-state index is 0.278. The predicted octanol–water partition coefficient (Wildman–Crippen LogP) is 5.59. The fraction of sp³-hybridized carbons (Fsp3) is 0.417. The highest BCUT2D eigenvalue weighted by atomic mass is 16.3. The van der Waals surface area contributed by atoms with Crippen molar-refractivity contribution in [3.63, 3.8) is 0 Å². The highest BCUT2D eigenvalue weighted by molar-refractivity contribution is 5.92. The van der Waals surface area contributed by atoms with Crippen LogP contribution in [-0.2, 0) is 6.54 Å². The maximum atomic E-state index is 9.95. The minimum atomic E-state index is 0.278. The van der Waals surface area contributed by atoms with Crippen molar-refractivity contribution in [3.8, 4) is 22.8 Å². The second-order valence-electron chi connectivity index (χ2n) is 7.60. The van der Waals surface area contributed by atoms with Crippen LogP contribution in [0, 0.1) is 6.92 Å². The second kappa shape index (κ2) is 9.65. The van der Waals surface area contributed by atoms with Crippen molar-refractivity contribution in [2.45, 2.75) is 52.0 Å². The largest absolute Gasteiger partial charge is 0.508 e. The highest BCUT2D eigenvalue weighted by Gasteiger charge is 2.16. The van der Waals surface area contributed by atoms with Gasteiger partial charge in [-0.15, -0.1) is 0 Å². The Kier molecular flexibility index (Phi) is 6.99. The number of aryl methyl sites for hydroxylation is 2. The third-order valence-corrected chi connectivity index (χ3v) is 5.50. The van der Waals surface area contributed by atoms with E-state index in [1.54, 1.807) is 18.2 Å². The maximum Gasteiger partial charge on any atom is 0.116 e. The van der Waals surface area contributed by atoms with Gasteiger partial charge < -0.3 is 20.1 Å². The first-order chi connectivity index (χ1) is 13.6. The van der Waals surface area contributed by atoms with E-state index in [-0.39, 0.29) is 5.75 Å². The number of hydrogen-bond donors (Lipinski definition) is 3. The lowest BCUT2D eigenvalue weighted by Crippen LogP contribution is -2.06. The molecule has 3 N–H and O–H groups in total. The molecule has 0 fully saturated rings. The summed E-state index contributed by atoms with van der Waals surface area (Å²) in [5.41, 5.74) is 4.60. The van der Waals surface area contributed by atoms with Crippen molar-refractivity contribution in [1.29, 1.82) is 0 Å². The molecule has 4 nitrogen and oxygen atoms in total. The average molecular weight is 381 g/mol. The number of aromatic nitrogens is 1. The van der Waals surface area contributed by atoms with Gasteiger partial charge in [-0.25, -0.2) is 0 Å². The van der Waals surface area contributed by atoms with Crippen LogP contribution in [-0.4, -0.2) is 28.4 Å². The van der Waals surface area contributed by atoms with Gasteiger partial charge in [0.2, 0.25) is 0 Å². The van der Waals surface area contributed by atoms with Crippen molar-refractivity contribution >= 4 is 10.9 Å². The van der Waals surface area contributed by atoms with Gasteiger partial charge in [0, 0.05) is 17.4 Å². The monoisotopic (exact) mass is 380 g/mol. The van der Waals surface area contributed by atoms with Crippen molar-refractivity contribution in [1.82, 2.24) is 9.88 Å². The Bertz CT molecular complexity index is 897. The van der Waals surface area contributed by atoms with Gasteiger partial charge in [0.15, 0.2) is 0 Å². The summed E-state index contributed by atoms with van der Waals surface area (Å²) in [6.45, 7) is 4.18. The number of hydrogen-bond acceptors (Lipinski definition) is 3. The fourth-order valence-corrected chi connectivity index (χ4v) is 4.01. The maximum absolute atomic E-state index is 9.95. The molecule has 1 heterocycles. The molecule has 3 rings (SSSR count). The molecule has 0 saturated heterocycles. The molecule has 0 atom stereocenters. The van der Waals surface area contributed by atoms with Gasteiger partial charge in [-0.2, -0.15) is 0 Å². The standard InChI is InChI=1S/C24H32N2O2/c1-18-22-17-21(28)13-14-23(22)26(16-8-6-4-3-5-7-15-25-2)24(18)19-9-11-20(27)12-10-19/h9-14,17,25,27-28H,3-8,15-16H2,1-2H3. The van der Waals surface area contributed by atoms with Gasteiger partial charge >= 0.3 is 0 Å². The van der Waals surface area contributed by atoms with E-state index < -0.39 is 0 Å². The van der Waals surface area contributed by atoms with E-state index in [1.807, 2.05) is 31.3 Å². The highest BCUT2D eigenvalue weighted by Crippen LogP contribution is 2.35. The quantitative estimate of drug-likeness (QED) is 0.402. The Hall–Kier alpha value is -2.46. The zero-order valence-corrected chi connectivity index (χ0v) is 17.0. The van der Waals surface area contributed by atoms with Crippen LogP contribution < -0.4 is 5.32 Å². The molecule has 1 aromatic heterocycles. The number of aromatic hydroxyl groups is 2. The van der Waals surface area contributed by atoms with Gasteiger partial charge in [-0.3, -0.25) is 0 Å². The molecule has 0 aliphatic heterocycles. The summed E-state index contributed by atoms with van der Waals surface area (Å²) < 4.78 is 2.37. The van der Waals surface area contributed by atoms with Crippen LogP contribution in [0.2, 0.25) is 0 Å². The first-order valence-electron chi connectivity index (χ1n) is 10.4. The molecular formula is C24H32N2O2. The zero-order chi connectivity index (χ0) is 19.9. The van der Waals surface area contributed by atoms with E-state index >= 15 is 0 Å². The summed E-state index contributed by atoms with van der Waals surface area (Å²) >= 11 is 0. The van der Waals surface area contributed by atoms with E-state index in [2.05, 4.69) is 16.8 Å². The molecule has 0 aliphatic carbocycles. The number of benzene rings is 2. The molecule has 3 aromatic rings. The van der Waals surface area contributed by atoms with Crippen LogP contribution in [0.5, 0.6) is 11.5 Å². The Morgan fingerprint density at radius 1 is 0.821 bits per heavy atom. The third kappa shape index (κ3) is 4.68. The van der Waals surface area contributed by atoms with Gasteiger partial charge in [-0.1, -0.05) is 25.7 Å². The van der Waals surface area contributed by atoms with E-state index in [9.17, 15) is 10.2 Å². The van der Waals surface area contributed by atoms with Crippen molar-refractivity contribution in [3.05, 3.63) is 48.0 Å². The van der Waals surface area contributed by atoms with Crippen LogP contribution in [0.25, 0.3) is 22.2 Å². The number of nitrogens with zero attached hydrogens (tertiary/aromatic N) is 1. The molecule has 0 spiro atoms. The summed E-state index contributed by atoms with van der Waals surface area (Å²) in [5, 5.41) is 23.9. The van der Waals surface area contributed by atoms with Gasteiger partial charge in [0.05, 0.1) is 5.69 Å². The van der Waals surface area contributed by atoms with Gasteiger partial charge in [0.25, 0.3) is 0 Å². The third-order valence-electron chi connectivity index (χ3n) is 5.50. The molecule has 150 valence electrons. The molecule has 28 heavy (non-hydrogen) atoms. The second-order valence-corrected chi connectivity index (χ2v) is 7.60. The summed E-state index contributed by atoms with van der Waals surface area (Å²) in [6, 6.07) is 13.0. The van der Waals surface area contributed by atoms with Crippen molar-refractivity contribution in [2.24, 2.45) is 0 Å². The average Bonchev–Trinajstić information content (AvgIpc) is 2.96. The number of nitrogens with one attached hydrogen (secondary N) is 1. The zero-order valence-electron chi connectivity index (χ0n) is 17.0. The Morgan fingerprint density at radius 3 is 2.18 bits per heavy atom. The topological polar surface area (TPSA) is 57.4 Å². The Balaban J connectivity index is 1.78. The molecular weight excluding hydrogens is 348 g/mol. The SMILES string of the molecule is CNCCCCCCCCn1c(-c2ccc(O)cc2)c(C)c2cc(O)ccc21. The molecule has 0 amide bonds. The van der Waals surface area contributed by atoms with Crippen LogP contribution in [0.4, 0.5) is 0 Å². The lowest BCUT2D eigenvalue weighted by molar-refractivity contribution is 0.475. The molecule has 0 radical (unpaired) electrons. The van der Waals surface area contributed by atoms with Crippen molar-refractivity contribution < 1.29 is 10.2 Å². The fourth-order valence-electron chi connectivity index (χ4n) is 4.01. The summed E-state index contributed by atoms with van der Waals surface area (Å²) in [7, 11) is 2.01. The number of rotatable bonds is 10. The first-order valence-corrected chi connectivity index (χ1v) is 10.4. The summed E-state index contributed by atoms with van der Waals surface area (Å²) in [6.07, 6.45) is 7.49. The Labute approximate surface area is 167 Å². The predicted molar refractivity (Wildman–Crippen MR) is 117 cm³/mol. The van der Waals surface area contributed by atoms with Crippen LogP contribution >= 0.6 is 0 Å². The molecule has 4 heteroatoms. The van der Waals surface area contributed by atoms with E-state index in [0.717, 1.165) is 36.0 Å². The van der Waals surface area contributed by atoms with Gasteiger partial charge in [-0.05, 0) is 86.9 Å². The van der Waals surface area contributed by atoms with Crippen molar-refractivity contribution in [2.75, 3.05) is 13.6 Å². The number of phenolic OH excluding ortho intramolecular Hbond substituents is 2.